The molecule has 0 spiro atoms. The van der Waals surface area contributed by atoms with E-state index in [1.54, 1.807) is 12.1 Å². The fraction of sp³-hybridized carbons (Fsp3) is 0.250. The van der Waals surface area contributed by atoms with Crippen LogP contribution in [0.25, 0.3) is 0 Å². The lowest BCUT2D eigenvalue weighted by molar-refractivity contribution is -0.150. The van der Waals surface area contributed by atoms with Gasteiger partial charge in [-0.3, -0.25) is 14.3 Å². The van der Waals surface area contributed by atoms with Crippen LogP contribution in [0.15, 0.2) is 48.5 Å². The van der Waals surface area contributed by atoms with Crippen LogP contribution in [0.1, 0.15) is 5.56 Å². The van der Waals surface area contributed by atoms with Gasteiger partial charge in [0.05, 0.1) is 24.5 Å². The molecule has 3 rings (SSSR count). The first-order valence-electron chi connectivity index (χ1n) is 9.18. The van der Waals surface area contributed by atoms with E-state index < -0.39 is 34.0 Å². The zero-order valence-electron chi connectivity index (χ0n) is 16.5. The van der Waals surface area contributed by atoms with Crippen LogP contribution in [0.2, 0.25) is 0 Å². The van der Waals surface area contributed by atoms with Gasteiger partial charge in [0, 0.05) is 23.6 Å². The molecule has 1 aliphatic heterocycles. The summed E-state index contributed by atoms with van der Waals surface area (Å²) < 4.78 is 30.3. The first-order chi connectivity index (χ1) is 14.7. The summed E-state index contributed by atoms with van der Waals surface area (Å²) in [5.41, 5.74) is 1.58. The summed E-state index contributed by atoms with van der Waals surface area (Å²) >= 11 is 0. The molecule has 162 valence electrons. The summed E-state index contributed by atoms with van der Waals surface area (Å²) in [5.74, 6) is -1.42. The number of morpholine rings is 1. The molecular formula is C20H20N4O6S. The van der Waals surface area contributed by atoms with Crippen LogP contribution in [0, 0.1) is 11.3 Å². The highest BCUT2D eigenvalue weighted by molar-refractivity contribution is 7.92. The van der Waals surface area contributed by atoms with Crippen LogP contribution in [0.3, 0.4) is 0 Å². The lowest BCUT2D eigenvalue weighted by atomic mass is 10.1. The average molecular weight is 444 g/mol. The van der Waals surface area contributed by atoms with E-state index in [1.807, 2.05) is 6.07 Å². The molecule has 2 atom stereocenters. The van der Waals surface area contributed by atoms with E-state index in [0.29, 0.717) is 22.6 Å². The van der Waals surface area contributed by atoms with E-state index in [4.69, 9.17) is 10.00 Å². The Labute approximate surface area is 179 Å². The number of carbonyl (C=O) groups excluding carboxylic acids is 2. The zero-order valence-corrected chi connectivity index (χ0v) is 17.3. The number of hydrogen-bond donors (Lipinski definition) is 3. The SMILES string of the molecule is CS(=O)(=O)Nc1ccc(N2CCO[C@H](C(O)C(=O)Nc3ccc(C#N)cc3)C2=O)cc1. The molecule has 1 aliphatic rings. The third-order valence-electron chi connectivity index (χ3n) is 4.44. The van der Waals surface area contributed by atoms with Gasteiger partial charge in [0.15, 0.2) is 12.2 Å². The van der Waals surface area contributed by atoms with Crippen molar-refractivity contribution in [3.05, 3.63) is 54.1 Å². The zero-order chi connectivity index (χ0) is 22.6. The Morgan fingerprint density at radius 1 is 1.19 bits per heavy atom. The van der Waals surface area contributed by atoms with Crippen molar-refractivity contribution >= 4 is 38.9 Å². The Hall–Kier alpha value is -3.46. The molecule has 1 fully saturated rings. The maximum absolute atomic E-state index is 12.8. The van der Waals surface area contributed by atoms with Gasteiger partial charge >= 0.3 is 0 Å². The highest BCUT2D eigenvalue weighted by atomic mass is 32.2. The van der Waals surface area contributed by atoms with Crippen LogP contribution in [0.4, 0.5) is 17.1 Å². The van der Waals surface area contributed by atoms with Gasteiger partial charge in [-0.25, -0.2) is 8.42 Å². The third-order valence-corrected chi connectivity index (χ3v) is 5.05. The van der Waals surface area contributed by atoms with Gasteiger partial charge in [-0.2, -0.15) is 5.26 Å². The number of ether oxygens (including phenoxy) is 1. The number of nitrogens with one attached hydrogen (secondary N) is 2. The molecule has 1 saturated heterocycles. The summed E-state index contributed by atoms with van der Waals surface area (Å²) in [7, 11) is -3.43. The van der Waals surface area contributed by atoms with E-state index in [1.165, 1.54) is 41.3 Å². The molecule has 0 radical (unpaired) electrons. The monoisotopic (exact) mass is 444 g/mol. The van der Waals surface area contributed by atoms with Gasteiger partial charge in [0.25, 0.3) is 11.8 Å². The number of anilines is 3. The van der Waals surface area contributed by atoms with Crippen molar-refractivity contribution in [3.63, 3.8) is 0 Å². The molecule has 2 aromatic carbocycles. The topological polar surface area (TPSA) is 149 Å². The molecule has 2 aromatic rings. The van der Waals surface area contributed by atoms with Gasteiger partial charge in [-0.15, -0.1) is 0 Å². The number of nitriles is 1. The smallest absolute Gasteiger partial charge is 0.259 e. The number of hydrogen-bond acceptors (Lipinski definition) is 7. The predicted octanol–water partition coefficient (Wildman–Crippen LogP) is 0.661. The molecule has 3 N–H and O–H groups in total. The van der Waals surface area contributed by atoms with Gasteiger partial charge in [-0.05, 0) is 48.5 Å². The first-order valence-corrected chi connectivity index (χ1v) is 11.1. The quantitative estimate of drug-likeness (QED) is 0.592. The number of benzene rings is 2. The number of carbonyl (C=O) groups is 2. The maximum atomic E-state index is 12.8. The average Bonchev–Trinajstić information content (AvgIpc) is 2.73. The summed E-state index contributed by atoms with van der Waals surface area (Å²) in [6.45, 7) is 0.305. The van der Waals surface area contributed by atoms with Crippen LogP contribution >= 0.6 is 0 Å². The predicted molar refractivity (Wildman–Crippen MR) is 113 cm³/mol. The number of aliphatic hydroxyl groups excluding tert-OH is 1. The van der Waals surface area contributed by atoms with E-state index in [-0.39, 0.29) is 13.2 Å². The van der Waals surface area contributed by atoms with Crippen molar-refractivity contribution < 1.29 is 27.9 Å². The summed E-state index contributed by atoms with van der Waals surface area (Å²) in [6.07, 6.45) is -2.13. The molecule has 0 saturated carbocycles. The van der Waals surface area contributed by atoms with Gasteiger partial charge < -0.3 is 20.1 Å². The molecule has 1 unspecified atom stereocenters. The van der Waals surface area contributed by atoms with Crippen molar-refractivity contribution in [2.45, 2.75) is 12.2 Å². The Morgan fingerprint density at radius 3 is 2.39 bits per heavy atom. The van der Waals surface area contributed by atoms with Gasteiger partial charge in [0.1, 0.15) is 0 Å². The Bertz CT molecular complexity index is 1110. The minimum absolute atomic E-state index is 0.0982. The fourth-order valence-electron chi connectivity index (χ4n) is 2.99. The Morgan fingerprint density at radius 2 is 1.81 bits per heavy atom. The minimum atomic E-state index is -3.43. The number of aliphatic hydroxyl groups is 1. The standard InChI is InChI=1S/C20H20N4O6S/c1-31(28,29)23-15-6-8-16(9-7-15)24-10-11-30-18(20(24)27)17(25)19(26)22-14-4-2-13(12-21)3-5-14/h2-9,17-18,23,25H,10-11H2,1H3,(H,22,26)/t17?,18-/m1/s1. The van der Waals surface area contributed by atoms with E-state index >= 15 is 0 Å². The molecule has 10 nitrogen and oxygen atoms in total. The highest BCUT2D eigenvalue weighted by Crippen LogP contribution is 2.23. The second-order valence-corrected chi connectivity index (χ2v) is 8.57. The number of sulfonamides is 1. The second kappa shape index (κ2) is 9.13. The largest absolute Gasteiger partial charge is 0.380 e. The molecule has 0 bridgehead atoms. The molecule has 0 aromatic heterocycles. The van der Waals surface area contributed by atoms with Crippen LogP contribution in [0.5, 0.6) is 0 Å². The summed E-state index contributed by atoms with van der Waals surface area (Å²) in [4.78, 5) is 26.6. The van der Waals surface area contributed by atoms with Crippen molar-refractivity contribution in [3.8, 4) is 6.07 Å². The first kappa shape index (κ1) is 22.2. The Balaban J connectivity index is 1.69. The van der Waals surface area contributed by atoms with Crippen LogP contribution in [-0.4, -0.2) is 57.0 Å². The molecule has 2 amide bonds. The lowest BCUT2D eigenvalue weighted by Gasteiger charge is -2.34. The molecular weight excluding hydrogens is 424 g/mol. The molecule has 1 heterocycles. The summed E-state index contributed by atoms with van der Waals surface area (Å²) in [5, 5.41) is 21.7. The minimum Gasteiger partial charge on any atom is -0.380 e. The fourth-order valence-corrected chi connectivity index (χ4v) is 3.56. The highest BCUT2D eigenvalue weighted by Gasteiger charge is 2.39. The van der Waals surface area contributed by atoms with Crippen LogP contribution in [-0.2, 0) is 24.3 Å². The maximum Gasteiger partial charge on any atom is 0.259 e. The van der Waals surface area contributed by atoms with Gasteiger partial charge in [0.2, 0.25) is 10.0 Å². The Kier molecular flexibility index (Phi) is 6.55. The van der Waals surface area contributed by atoms with Crippen molar-refractivity contribution in [1.29, 1.82) is 5.26 Å². The van der Waals surface area contributed by atoms with Crippen LogP contribution < -0.4 is 14.9 Å². The van der Waals surface area contributed by atoms with Crippen molar-refractivity contribution in [1.82, 2.24) is 0 Å². The second-order valence-electron chi connectivity index (χ2n) is 6.83. The van der Waals surface area contributed by atoms with E-state index in [9.17, 15) is 23.1 Å². The molecule has 0 aliphatic carbocycles. The van der Waals surface area contributed by atoms with Crippen molar-refractivity contribution in [2.75, 3.05) is 34.3 Å². The number of rotatable bonds is 6. The van der Waals surface area contributed by atoms with E-state index in [0.717, 1.165) is 6.26 Å². The normalized spacial score (nSPS) is 17.5. The third kappa shape index (κ3) is 5.58. The molecule has 31 heavy (non-hydrogen) atoms. The number of nitrogens with zero attached hydrogens (tertiary/aromatic N) is 2. The van der Waals surface area contributed by atoms with Gasteiger partial charge in [-0.1, -0.05) is 0 Å². The van der Waals surface area contributed by atoms with E-state index in [2.05, 4.69) is 10.0 Å². The number of amides is 2. The summed E-state index contributed by atoms with van der Waals surface area (Å²) in [6, 6.07) is 14.1. The van der Waals surface area contributed by atoms with Crippen molar-refractivity contribution in [2.24, 2.45) is 0 Å². The lowest BCUT2D eigenvalue weighted by Crippen LogP contribution is -2.55. The molecule has 11 heteroatoms.